The highest BCUT2D eigenvalue weighted by Gasteiger charge is 2.09. The molecule has 0 amide bonds. The summed E-state index contributed by atoms with van der Waals surface area (Å²) in [5, 5.41) is 9.68. The van der Waals surface area contributed by atoms with Gasteiger partial charge in [-0.25, -0.2) is 0 Å². The first-order valence-corrected chi connectivity index (χ1v) is 7.79. The summed E-state index contributed by atoms with van der Waals surface area (Å²) in [5.74, 6) is 0.929. The zero-order valence-corrected chi connectivity index (χ0v) is 12.8. The molecule has 0 heterocycles. The molecule has 0 aromatic heterocycles. The maximum absolute atomic E-state index is 9.68. The normalized spacial score (nSPS) is 14.0. The van der Waals surface area contributed by atoms with Gasteiger partial charge in [0.1, 0.15) is 5.75 Å². The van der Waals surface area contributed by atoms with Crippen LogP contribution in [0, 0.1) is 0 Å². The van der Waals surface area contributed by atoms with Gasteiger partial charge in [-0.2, -0.15) is 0 Å². The second-order valence-corrected chi connectivity index (χ2v) is 5.52. The minimum atomic E-state index is -0.426. The Labute approximate surface area is 123 Å². The van der Waals surface area contributed by atoms with Crippen LogP contribution >= 0.6 is 0 Å². The van der Waals surface area contributed by atoms with E-state index in [1.807, 2.05) is 19.1 Å². The summed E-state index contributed by atoms with van der Waals surface area (Å²) in [7, 11) is 0. The smallest absolute Gasteiger partial charge is 0.119 e. The SMILES string of the molecule is CCCCCCOc1ccc(CCC(O)C(C)N)cc1. The van der Waals surface area contributed by atoms with E-state index in [-0.39, 0.29) is 6.04 Å². The number of benzene rings is 1. The molecule has 1 aromatic rings. The third-order valence-electron chi connectivity index (χ3n) is 3.53. The molecular formula is C17H29NO2. The van der Waals surface area contributed by atoms with Crippen molar-refractivity contribution in [3.05, 3.63) is 29.8 Å². The lowest BCUT2D eigenvalue weighted by Crippen LogP contribution is -2.31. The van der Waals surface area contributed by atoms with Crippen LogP contribution in [0.2, 0.25) is 0 Å². The maximum Gasteiger partial charge on any atom is 0.119 e. The lowest BCUT2D eigenvalue weighted by Gasteiger charge is -2.14. The van der Waals surface area contributed by atoms with Gasteiger partial charge in [0.15, 0.2) is 0 Å². The lowest BCUT2D eigenvalue weighted by atomic mass is 10.0. The maximum atomic E-state index is 9.68. The standard InChI is InChI=1S/C17H29NO2/c1-3-4-5-6-13-20-16-10-7-15(8-11-16)9-12-17(19)14(2)18/h7-8,10-11,14,17,19H,3-6,9,12-13,18H2,1-2H3. The molecule has 0 aliphatic rings. The van der Waals surface area contributed by atoms with Crippen LogP contribution in [0.1, 0.15) is 51.5 Å². The Balaban J connectivity index is 2.26. The van der Waals surface area contributed by atoms with Crippen LogP contribution in [0.15, 0.2) is 24.3 Å². The Morgan fingerprint density at radius 2 is 1.85 bits per heavy atom. The number of hydrogen-bond acceptors (Lipinski definition) is 3. The van der Waals surface area contributed by atoms with Crippen LogP contribution in [0.3, 0.4) is 0 Å². The molecule has 0 bridgehead atoms. The molecule has 0 aliphatic carbocycles. The average Bonchev–Trinajstić information content (AvgIpc) is 2.45. The van der Waals surface area contributed by atoms with E-state index in [9.17, 15) is 5.11 Å². The minimum absolute atomic E-state index is 0.166. The van der Waals surface area contributed by atoms with Gasteiger partial charge in [0.2, 0.25) is 0 Å². The average molecular weight is 279 g/mol. The predicted octanol–water partition coefficient (Wildman–Crippen LogP) is 3.29. The van der Waals surface area contributed by atoms with Crippen molar-refractivity contribution in [2.75, 3.05) is 6.61 Å². The monoisotopic (exact) mass is 279 g/mol. The quantitative estimate of drug-likeness (QED) is 0.646. The van der Waals surface area contributed by atoms with Crippen molar-refractivity contribution in [2.45, 2.75) is 64.5 Å². The number of aliphatic hydroxyl groups excluding tert-OH is 1. The van der Waals surface area contributed by atoms with Gasteiger partial charge in [0, 0.05) is 6.04 Å². The molecule has 2 unspecified atom stereocenters. The Bertz CT molecular complexity index is 349. The predicted molar refractivity (Wildman–Crippen MR) is 84.1 cm³/mol. The highest BCUT2D eigenvalue weighted by Crippen LogP contribution is 2.15. The van der Waals surface area contributed by atoms with Crippen molar-refractivity contribution in [3.63, 3.8) is 0 Å². The fourth-order valence-electron chi connectivity index (χ4n) is 2.05. The van der Waals surface area contributed by atoms with Crippen LogP contribution in [0.4, 0.5) is 0 Å². The summed E-state index contributed by atoms with van der Waals surface area (Å²) < 4.78 is 5.70. The summed E-state index contributed by atoms with van der Waals surface area (Å²) in [6.45, 7) is 4.84. The number of aryl methyl sites for hydroxylation is 1. The van der Waals surface area contributed by atoms with Gasteiger partial charge in [-0.1, -0.05) is 38.3 Å². The van der Waals surface area contributed by atoms with Crippen molar-refractivity contribution in [3.8, 4) is 5.75 Å². The van der Waals surface area contributed by atoms with Gasteiger partial charge < -0.3 is 15.6 Å². The summed E-state index contributed by atoms with van der Waals surface area (Å²) in [6, 6.07) is 7.98. The van der Waals surface area contributed by atoms with Gasteiger partial charge in [-0.05, 0) is 43.9 Å². The zero-order chi connectivity index (χ0) is 14.8. The number of hydrogen-bond donors (Lipinski definition) is 2. The highest BCUT2D eigenvalue weighted by molar-refractivity contribution is 5.27. The third-order valence-corrected chi connectivity index (χ3v) is 3.53. The van der Waals surface area contributed by atoms with Crippen LogP contribution in [-0.4, -0.2) is 23.9 Å². The zero-order valence-electron chi connectivity index (χ0n) is 12.8. The van der Waals surface area contributed by atoms with Crippen LogP contribution in [0.25, 0.3) is 0 Å². The van der Waals surface area contributed by atoms with E-state index in [1.54, 1.807) is 0 Å². The third kappa shape index (κ3) is 6.92. The van der Waals surface area contributed by atoms with Crippen molar-refractivity contribution in [1.82, 2.24) is 0 Å². The molecule has 0 aliphatic heterocycles. The molecule has 3 heteroatoms. The molecule has 1 rings (SSSR count). The Hall–Kier alpha value is -1.06. The van der Waals surface area contributed by atoms with Crippen LogP contribution in [0.5, 0.6) is 5.75 Å². The van der Waals surface area contributed by atoms with Crippen LogP contribution < -0.4 is 10.5 Å². The molecule has 0 spiro atoms. The highest BCUT2D eigenvalue weighted by atomic mass is 16.5. The topological polar surface area (TPSA) is 55.5 Å². The molecule has 0 saturated heterocycles. The molecule has 0 saturated carbocycles. The molecule has 3 N–H and O–H groups in total. The van der Waals surface area contributed by atoms with E-state index in [0.717, 1.165) is 25.2 Å². The molecule has 114 valence electrons. The lowest BCUT2D eigenvalue weighted by molar-refractivity contribution is 0.141. The van der Waals surface area contributed by atoms with Crippen molar-refractivity contribution < 1.29 is 9.84 Å². The second-order valence-electron chi connectivity index (χ2n) is 5.52. The first kappa shape index (κ1) is 17.0. The molecule has 0 fully saturated rings. The molecule has 2 atom stereocenters. The van der Waals surface area contributed by atoms with Crippen molar-refractivity contribution in [2.24, 2.45) is 5.73 Å². The fraction of sp³-hybridized carbons (Fsp3) is 0.647. The molecule has 3 nitrogen and oxygen atoms in total. The van der Waals surface area contributed by atoms with Gasteiger partial charge in [0.05, 0.1) is 12.7 Å². The van der Waals surface area contributed by atoms with Gasteiger partial charge in [-0.15, -0.1) is 0 Å². The van der Waals surface area contributed by atoms with Crippen molar-refractivity contribution in [1.29, 1.82) is 0 Å². The van der Waals surface area contributed by atoms with Crippen molar-refractivity contribution >= 4 is 0 Å². The van der Waals surface area contributed by atoms with E-state index in [0.29, 0.717) is 6.42 Å². The Kier molecular flexibility index (Phi) is 8.31. The fourth-order valence-corrected chi connectivity index (χ4v) is 2.05. The molecule has 20 heavy (non-hydrogen) atoms. The molecule has 0 radical (unpaired) electrons. The van der Waals surface area contributed by atoms with E-state index in [1.165, 1.54) is 24.8 Å². The Morgan fingerprint density at radius 3 is 2.45 bits per heavy atom. The van der Waals surface area contributed by atoms with E-state index < -0.39 is 6.10 Å². The van der Waals surface area contributed by atoms with E-state index in [4.69, 9.17) is 10.5 Å². The van der Waals surface area contributed by atoms with Gasteiger partial charge >= 0.3 is 0 Å². The number of rotatable bonds is 10. The molecule has 1 aromatic carbocycles. The summed E-state index contributed by atoms with van der Waals surface area (Å²) in [4.78, 5) is 0. The number of ether oxygens (including phenoxy) is 1. The number of unbranched alkanes of at least 4 members (excludes halogenated alkanes) is 3. The summed E-state index contributed by atoms with van der Waals surface area (Å²) in [6.07, 6.45) is 6.02. The molecular weight excluding hydrogens is 250 g/mol. The van der Waals surface area contributed by atoms with Crippen LogP contribution in [-0.2, 0) is 6.42 Å². The summed E-state index contributed by atoms with van der Waals surface area (Å²) >= 11 is 0. The minimum Gasteiger partial charge on any atom is -0.494 e. The summed E-state index contributed by atoms with van der Waals surface area (Å²) in [5.41, 5.74) is 6.85. The number of nitrogens with two attached hydrogens (primary N) is 1. The largest absolute Gasteiger partial charge is 0.494 e. The first-order chi connectivity index (χ1) is 9.63. The second kappa shape index (κ2) is 9.78. The first-order valence-electron chi connectivity index (χ1n) is 7.79. The van der Waals surface area contributed by atoms with Gasteiger partial charge in [-0.3, -0.25) is 0 Å². The van der Waals surface area contributed by atoms with E-state index in [2.05, 4.69) is 19.1 Å². The Morgan fingerprint density at radius 1 is 1.15 bits per heavy atom. The van der Waals surface area contributed by atoms with E-state index >= 15 is 0 Å². The number of aliphatic hydroxyl groups is 1. The van der Waals surface area contributed by atoms with Gasteiger partial charge in [0.25, 0.3) is 0 Å².